The first-order valence-corrected chi connectivity index (χ1v) is 5.67. The van der Waals surface area contributed by atoms with Gasteiger partial charge in [0, 0.05) is 23.2 Å². The van der Waals surface area contributed by atoms with Crippen LogP contribution in [-0.2, 0) is 6.42 Å². The molecule has 0 saturated heterocycles. The molecule has 0 bridgehead atoms. The Labute approximate surface area is 94.9 Å². The summed E-state index contributed by atoms with van der Waals surface area (Å²) in [6.07, 6.45) is 1.04. The van der Waals surface area contributed by atoms with Crippen LogP contribution in [-0.4, -0.2) is 11.1 Å². The lowest BCUT2D eigenvalue weighted by molar-refractivity contribution is 0.482. The quantitative estimate of drug-likeness (QED) is 0.704. The van der Waals surface area contributed by atoms with Gasteiger partial charge < -0.3 is 10.4 Å². The molecule has 82 valence electrons. The topological polar surface area (TPSA) is 32.3 Å². The number of hydrogen-bond donors (Lipinski definition) is 2. The highest BCUT2D eigenvalue weighted by atomic mass is 16.3. The Kier molecular flexibility index (Phi) is 1.87. The fourth-order valence-corrected chi connectivity index (χ4v) is 2.68. The van der Waals surface area contributed by atoms with Crippen molar-refractivity contribution in [1.82, 2.24) is 0 Å². The summed E-state index contributed by atoms with van der Waals surface area (Å²) in [5.74, 6) is 0.374. The Hall–Kier alpha value is -1.70. The highest BCUT2D eigenvalue weighted by Crippen LogP contribution is 2.39. The predicted octanol–water partition coefficient (Wildman–Crippen LogP) is 3.21. The van der Waals surface area contributed by atoms with Crippen molar-refractivity contribution >= 4 is 16.5 Å². The first kappa shape index (κ1) is 9.52. The number of fused-ring (bicyclic) bond motifs is 3. The molecule has 0 amide bonds. The van der Waals surface area contributed by atoms with Crippen molar-refractivity contribution in [2.75, 3.05) is 5.32 Å². The van der Waals surface area contributed by atoms with E-state index >= 15 is 0 Å². The van der Waals surface area contributed by atoms with E-state index in [9.17, 15) is 5.11 Å². The molecule has 0 spiro atoms. The van der Waals surface area contributed by atoms with E-state index < -0.39 is 0 Å². The van der Waals surface area contributed by atoms with Crippen molar-refractivity contribution in [2.24, 2.45) is 0 Å². The molecule has 1 unspecified atom stereocenters. The van der Waals surface area contributed by atoms with Gasteiger partial charge in [0.15, 0.2) is 0 Å². The van der Waals surface area contributed by atoms with Gasteiger partial charge in [0.1, 0.15) is 5.75 Å². The third kappa shape index (κ3) is 1.19. The lowest BCUT2D eigenvalue weighted by Gasteiger charge is -2.09. The molecule has 16 heavy (non-hydrogen) atoms. The molecule has 1 aliphatic rings. The highest BCUT2D eigenvalue weighted by Gasteiger charge is 2.21. The number of hydrogen-bond acceptors (Lipinski definition) is 2. The van der Waals surface area contributed by atoms with Crippen LogP contribution in [0.5, 0.6) is 5.75 Å². The summed E-state index contributed by atoms with van der Waals surface area (Å²) in [6, 6.07) is 8.39. The van der Waals surface area contributed by atoms with Gasteiger partial charge in [-0.15, -0.1) is 0 Å². The van der Waals surface area contributed by atoms with Crippen LogP contribution in [0.2, 0.25) is 0 Å². The van der Waals surface area contributed by atoms with E-state index in [0.717, 1.165) is 17.5 Å². The normalized spacial score (nSPS) is 18.5. The average molecular weight is 213 g/mol. The van der Waals surface area contributed by atoms with E-state index in [0.29, 0.717) is 11.8 Å². The molecule has 2 heteroatoms. The second-order valence-electron chi connectivity index (χ2n) is 4.67. The average Bonchev–Trinajstić information content (AvgIpc) is 2.59. The van der Waals surface area contributed by atoms with Crippen molar-refractivity contribution in [2.45, 2.75) is 26.3 Å². The monoisotopic (exact) mass is 213 g/mol. The maximum Gasteiger partial charge on any atom is 0.125 e. The maximum absolute atomic E-state index is 10.0. The van der Waals surface area contributed by atoms with Gasteiger partial charge in [-0.2, -0.15) is 0 Å². The fraction of sp³-hybridized carbons (Fsp3) is 0.286. The molecule has 3 rings (SSSR count). The molecule has 1 atom stereocenters. The lowest BCUT2D eigenvalue weighted by Crippen LogP contribution is -2.08. The van der Waals surface area contributed by atoms with Gasteiger partial charge in [0.2, 0.25) is 0 Å². The van der Waals surface area contributed by atoms with E-state index in [4.69, 9.17) is 0 Å². The zero-order valence-electron chi connectivity index (χ0n) is 9.54. The molecular formula is C14H15NO. The molecule has 0 radical (unpaired) electrons. The van der Waals surface area contributed by atoms with Gasteiger partial charge in [-0.1, -0.05) is 18.2 Å². The standard InChI is InChI=1S/C14H15NO/c1-8-4-3-5-10-13(16)7-12-11(14(8)10)6-9(2)15-12/h3-5,7,9,15-16H,6H2,1-2H3. The van der Waals surface area contributed by atoms with Crippen molar-refractivity contribution in [3.63, 3.8) is 0 Å². The molecule has 0 aromatic heterocycles. The summed E-state index contributed by atoms with van der Waals surface area (Å²) in [7, 11) is 0. The summed E-state index contributed by atoms with van der Waals surface area (Å²) in [4.78, 5) is 0. The van der Waals surface area contributed by atoms with Gasteiger partial charge in [0.25, 0.3) is 0 Å². The summed E-state index contributed by atoms with van der Waals surface area (Å²) in [6.45, 7) is 4.27. The van der Waals surface area contributed by atoms with E-state index in [1.807, 2.05) is 18.2 Å². The number of nitrogens with one attached hydrogen (secondary N) is 1. The van der Waals surface area contributed by atoms with Crippen LogP contribution in [0, 0.1) is 6.92 Å². The SMILES string of the molecule is Cc1cccc2c(O)cc3c(c12)CC(C)N3. The van der Waals surface area contributed by atoms with Gasteiger partial charge in [-0.25, -0.2) is 0 Å². The second kappa shape index (κ2) is 3.14. The number of phenols is 1. The number of anilines is 1. The largest absolute Gasteiger partial charge is 0.507 e. The van der Waals surface area contributed by atoms with Crippen molar-refractivity contribution in [3.05, 3.63) is 35.4 Å². The van der Waals surface area contributed by atoms with Crippen LogP contribution in [0.4, 0.5) is 5.69 Å². The fourth-order valence-electron chi connectivity index (χ4n) is 2.68. The van der Waals surface area contributed by atoms with Gasteiger partial charge >= 0.3 is 0 Å². The number of aryl methyl sites for hydroxylation is 1. The summed E-state index contributed by atoms with van der Waals surface area (Å²) < 4.78 is 0. The molecule has 2 aromatic carbocycles. The zero-order valence-corrected chi connectivity index (χ0v) is 9.54. The minimum absolute atomic E-state index is 0.374. The first-order chi connectivity index (χ1) is 7.66. The van der Waals surface area contributed by atoms with Gasteiger partial charge in [-0.05, 0) is 36.8 Å². The number of rotatable bonds is 0. The molecule has 2 nitrogen and oxygen atoms in total. The number of benzene rings is 2. The Bertz CT molecular complexity index is 574. The second-order valence-corrected chi connectivity index (χ2v) is 4.67. The van der Waals surface area contributed by atoms with Crippen LogP contribution < -0.4 is 5.32 Å². The molecule has 0 fully saturated rings. The Balaban J connectivity index is 2.43. The Morgan fingerprint density at radius 2 is 2.19 bits per heavy atom. The van der Waals surface area contributed by atoms with Gasteiger partial charge in [-0.3, -0.25) is 0 Å². The van der Waals surface area contributed by atoms with Crippen LogP contribution in [0.15, 0.2) is 24.3 Å². The molecule has 2 N–H and O–H groups in total. The Morgan fingerprint density at radius 1 is 1.38 bits per heavy atom. The maximum atomic E-state index is 10.0. The number of phenolic OH excluding ortho intramolecular Hbond substituents is 1. The molecule has 2 aromatic rings. The predicted molar refractivity (Wildman–Crippen MR) is 67.1 cm³/mol. The first-order valence-electron chi connectivity index (χ1n) is 5.67. The van der Waals surface area contributed by atoms with Crippen LogP contribution in [0.25, 0.3) is 10.8 Å². The summed E-state index contributed by atoms with van der Waals surface area (Å²) in [5, 5.41) is 15.6. The van der Waals surface area contributed by atoms with Gasteiger partial charge in [0.05, 0.1) is 0 Å². The molecule has 0 saturated carbocycles. The third-order valence-corrected chi connectivity index (χ3v) is 3.37. The molecule has 1 heterocycles. The van der Waals surface area contributed by atoms with Crippen LogP contribution >= 0.6 is 0 Å². The number of aromatic hydroxyl groups is 1. The van der Waals surface area contributed by atoms with Crippen molar-refractivity contribution in [1.29, 1.82) is 0 Å². The Morgan fingerprint density at radius 3 is 3.00 bits per heavy atom. The van der Waals surface area contributed by atoms with E-state index in [1.165, 1.54) is 16.5 Å². The zero-order chi connectivity index (χ0) is 11.3. The summed E-state index contributed by atoms with van der Waals surface area (Å²) in [5.41, 5.74) is 3.67. The summed E-state index contributed by atoms with van der Waals surface area (Å²) >= 11 is 0. The van der Waals surface area contributed by atoms with E-state index in [-0.39, 0.29) is 0 Å². The van der Waals surface area contributed by atoms with Crippen LogP contribution in [0.1, 0.15) is 18.1 Å². The van der Waals surface area contributed by atoms with E-state index in [1.54, 1.807) is 0 Å². The highest BCUT2D eigenvalue weighted by molar-refractivity contribution is 5.98. The smallest absolute Gasteiger partial charge is 0.125 e. The lowest BCUT2D eigenvalue weighted by atomic mass is 9.97. The molecular weight excluding hydrogens is 198 g/mol. The van der Waals surface area contributed by atoms with Crippen LogP contribution in [0.3, 0.4) is 0 Å². The van der Waals surface area contributed by atoms with Crippen molar-refractivity contribution < 1.29 is 5.11 Å². The minimum atomic E-state index is 0.374. The molecule has 1 aliphatic heterocycles. The van der Waals surface area contributed by atoms with Crippen molar-refractivity contribution in [3.8, 4) is 5.75 Å². The van der Waals surface area contributed by atoms with E-state index in [2.05, 4.69) is 25.2 Å². The molecule has 0 aliphatic carbocycles. The third-order valence-electron chi connectivity index (χ3n) is 3.37. The minimum Gasteiger partial charge on any atom is -0.507 e.